The topological polar surface area (TPSA) is 264 Å². The number of ether oxygens (including phenoxy) is 6. The average Bonchev–Trinajstić information content (AvgIpc) is 2.62. The highest BCUT2D eigenvalue weighted by Crippen LogP contribution is 2.45. The molecule has 20 nitrogen and oxygen atoms in total. The number of hydrogen-bond donors (Lipinski definition) is 6. The second kappa shape index (κ2) is 29.3. The summed E-state index contributed by atoms with van der Waals surface area (Å²) in [6.07, 6.45) is 4.19. The number of aliphatic hydroxyl groups excluding tert-OH is 2. The van der Waals surface area contributed by atoms with Crippen LogP contribution in [-0.2, 0) is 49.4 Å². The van der Waals surface area contributed by atoms with Gasteiger partial charge < -0.3 is 69.5 Å². The number of fused-ring (bicyclic) bond motifs is 3. The summed E-state index contributed by atoms with van der Waals surface area (Å²) in [6, 6.07) is 20.7. The number of carbonyl (C=O) groups excluding carboxylic acids is 6. The van der Waals surface area contributed by atoms with Gasteiger partial charge in [0, 0.05) is 63.2 Å². The van der Waals surface area contributed by atoms with E-state index in [1.807, 2.05) is 69.3 Å². The van der Waals surface area contributed by atoms with Crippen LogP contribution in [0.4, 0.5) is 20.1 Å². The largest absolute Gasteiger partial charge is 0.457 e. The Morgan fingerprint density at radius 1 is 0.871 bits per heavy atom. The number of amides is 5. The Balaban J connectivity index is 0.858. The van der Waals surface area contributed by atoms with Gasteiger partial charge in [-0.1, -0.05) is 120 Å². The molecule has 3 aromatic carbocycles. The van der Waals surface area contributed by atoms with Gasteiger partial charge in [0.1, 0.15) is 37.0 Å². The SMILES string of the molecule is CC[C@H](O)[C@@H](C)[C@@H]1O[C@H]1C[C@@](C)(O)/C=C/C=C(\C)[C@H]1OC(=O)C[C@H](O)CC[C@@](C)(OC)[C@@H](OC(=O)N2CCN(C(=O)OCc3ccc(NC(=O)[C@H](C)NC(=O)[C@@H](NC(=O)OCC4c5ccccc5-c5ccccc54)C(C)C)cc3)CC2)/C=C\[C@@H]1C. The first-order valence-electron chi connectivity index (χ1n) is 29.6. The van der Waals surface area contributed by atoms with E-state index in [2.05, 4.69) is 16.0 Å². The van der Waals surface area contributed by atoms with E-state index in [0.29, 0.717) is 29.7 Å². The maximum Gasteiger partial charge on any atom is 0.410 e. The second-order valence-electron chi connectivity index (χ2n) is 23.8. The Bertz CT molecular complexity index is 2860. The molecule has 12 atom stereocenters. The maximum atomic E-state index is 13.9. The number of hydrogen-bond acceptors (Lipinski definition) is 15. The van der Waals surface area contributed by atoms with Crippen molar-refractivity contribution in [2.45, 2.75) is 167 Å². The number of nitrogens with one attached hydrogen (secondary N) is 3. The standard InChI is InChI=1S/C65H87N5O15/c1-11-52(72)42(6)58-53(83-58)36-64(8,79)29-16-17-40(4)57-41(5)22-27-54(65(9,80-10)30-28-46(71)35-55(73)85-57)84-63(78)70-33-31-69(32-34-70)62(77)82-37-44-23-25-45(26-24-44)67-59(74)43(7)66-60(75)56(39(2)3)68-61(76)81-38-51-49-20-14-12-18-47(49)48-19-13-15-21-50(48)51/h12-27,29,39,41-43,46,51-54,56-58,71-72,79H,11,28,30-38H2,1-10H3,(H,66,75)(H,67,74)(H,68,76)/b27-22-,29-16+,40-17+/t41-,42+,43-,46+,52-,53-,54-,56-,57+,58-,64-,65+/m0/s1. The Morgan fingerprint density at radius 3 is 2.11 bits per heavy atom. The molecule has 0 radical (unpaired) electrons. The molecule has 1 aliphatic carbocycles. The van der Waals surface area contributed by atoms with Crippen LogP contribution >= 0.6 is 0 Å². The molecule has 3 heterocycles. The van der Waals surface area contributed by atoms with Gasteiger partial charge in [0.25, 0.3) is 0 Å². The van der Waals surface area contributed by atoms with Crippen LogP contribution in [-0.4, -0.2) is 161 Å². The predicted molar refractivity (Wildman–Crippen MR) is 319 cm³/mol. The van der Waals surface area contributed by atoms with Crippen molar-refractivity contribution in [3.63, 3.8) is 0 Å². The summed E-state index contributed by atoms with van der Waals surface area (Å²) < 4.78 is 35.2. The van der Waals surface area contributed by atoms with Crippen LogP contribution in [0.5, 0.6) is 0 Å². The van der Waals surface area contributed by atoms with Gasteiger partial charge in [-0.3, -0.25) is 14.4 Å². The molecule has 2 saturated heterocycles. The second-order valence-corrected chi connectivity index (χ2v) is 23.8. The Kier molecular flexibility index (Phi) is 22.6. The first kappa shape index (κ1) is 65.4. The van der Waals surface area contributed by atoms with Gasteiger partial charge in [-0.2, -0.15) is 0 Å². The third kappa shape index (κ3) is 17.5. The highest BCUT2D eigenvalue weighted by Gasteiger charge is 2.47. The predicted octanol–water partition coefficient (Wildman–Crippen LogP) is 8.32. The zero-order valence-corrected chi connectivity index (χ0v) is 50.7. The lowest BCUT2D eigenvalue weighted by Crippen LogP contribution is -2.53. The summed E-state index contributed by atoms with van der Waals surface area (Å²) >= 11 is 0. The molecule has 0 spiro atoms. The van der Waals surface area contributed by atoms with Gasteiger partial charge in [-0.25, -0.2) is 14.4 Å². The van der Waals surface area contributed by atoms with Crippen molar-refractivity contribution < 1.29 is 72.5 Å². The number of aliphatic hydroxyl groups is 3. The van der Waals surface area contributed by atoms with E-state index < -0.39 is 89.7 Å². The third-order valence-electron chi connectivity index (χ3n) is 16.7. The van der Waals surface area contributed by atoms with E-state index in [4.69, 9.17) is 28.4 Å². The maximum absolute atomic E-state index is 13.9. The lowest BCUT2D eigenvalue weighted by Gasteiger charge is -2.38. The van der Waals surface area contributed by atoms with E-state index in [9.17, 15) is 44.1 Å². The van der Waals surface area contributed by atoms with Gasteiger partial charge in [0.05, 0.1) is 36.4 Å². The zero-order chi connectivity index (χ0) is 61.8. The first-order chi connectivity index (χ1) is 40.4. The van der Waals surface area contributed by atoms with E-state index in [1.165, 1.54) is 23.8 Å². The Morgan fingerprint density at radius 2 is 1.49 bits per heavy atom. The number of cyclic esters (lactones) is 1. The molecule has 0 bridgehead atoms. The number of epoxide rings is 1. The molecule has 0 unspecified atom stereocenters. The molecule has 7 rings (SSSR count). The van der Waals surface area contributed by atoms with Crippen molar-refractivity contribution in [3.05, 3.63) is 125 Å². The average molecular weight is 1180 g/mol. The normalized spacial score (nSPS) is 25.3. The molecule has 5 amide bonds. The van der Waals surface area contributed by atoms with E-state index in [0.717, 1.165) is 22.3 Å². The minimum atomic E-state index is -1.21. The van der Waals surface area contributed by atoms with Gasteiger partial charge in [-0.15, -0.1) is 0 Å². The van der Waals surface area contributed by atoms with Crippen LogP contribution in [0, 0.1) is 17.8 Å². The van der Waals surface area contributed by atoms with Gasteiger partial charge in [-0.05, 0) is 104 Å². The molecule has 0 aromatic heterocycles. The number of allylic oxidation sites excluding steroid dienone is 2. The summed E-state index contributed by atoms with van der Waals surface area (Å²) in [7, 11) is 1.50. The molecule has 462 valence electrons. The first-order valence-corrected chi connectivity index (χ1v) is 29.6. The molecule has 3 aliphatic heterocycles. The van der Waals surface area contributed by atoms with E-state index >= 15 is 0 Å². The van der Waals surface area contributed by atoms with Crippen LogP contribution in [0.25, 0.3) is 11.1 Å². The number of piperazine rings is 1. The molecule has 85 heavy (non-hydrogen) atoms. The molecule has 4 aliphatic rings. The lowest BCUT2D eigenvalue weighted by atomic mass is 9.88. The third-order valence-corrected chi connectivity index (χ3v) is 16.7. The summed E-state index contributed by atoms with van der Waals surface area (Å²) in [5, 5.41) is 40.6. The Labute approximate surface area is 499 Å². The van der Waals surface area contributed by atoms with Gasteiger partial charge in [0.15, 0.2) is 6.10 Å². The number of alkyl carbamates (subject to hydrolysis) is 1. The van der Waals surface area contributed by atoms with Crippen molar-refractivity contribution in [2.75, 3.05) is 45.2 Å². The zero-order valence-electron chi connectivity index (χ0n) is 50.7. The smallest absolute Gasteiger partial charge is 0.410 e. The molecule has 6 N–H and O–H groups in total. The summed E-state index contributed by atoms with van der Waals surface area (Å²) in [4.78, 5) is 83.1. The van der Waals surface area contributed by atoms with Crippen LogP contribution < -0.4 is 16.0 Å². The van der Waals surface area contributed by atoms with Crippen molar-refractivity contribution in [1.82, 2.24) is 20.4 Å². The summed E-state index contributed by atoms with van der Waals surface area (Å²) in [5.74, 6) is -2.58. The number of rotatable bonds is 20. The number of esters is 1. The number of nitrogens with zero attached hydrogens (tertiary/aromatic N) is 2. The number of carbonyl (C=O) groups is 6. The van der Waals surface area contributed by atoms with Crippen molar-refractivity contribution >= 4 is 41.8 Å². The van der Waals surface area contributed by atoms with Crippen LogP contribution in [0.3, 0.4) is 0 Å². The van der Waals surface area contributed by atoms with Crippen molar-refractivity contribution in [3.8, 4) is 11.1 Å². The Hall–Kier alpha value is -7.10. The van der Waals surface area contributed by atoms with Crippen molar-refractivity contribution in [1.29, 1.82) is 0 Å². The number of anilines is 1. The summed E-state index contributed by atoms with van der Waals surface area (Å²) in [6.45, 7) is 16.7. The fourth-order valence-electron chi connectivity index (χ4n) is 11.1. The van der Waals surface area contributed by atoms with E-state index in [-0.39, 0.29) is 88.6 Å². The molecular weight excluding hydrogens is 1090 g/mol. The number of methoxy groups -OCH3 is 1. The molecule has 0 saturated carbocycles. The van der Waals surface area contributed by atoms with Crippen LogP contribution in [0.2, 0.25) is 0 Å². The minimum absolute atomic E-state index is 0.0515. The fourth-order valence-corrected chi connectivity index (χ4v) is 11.1. The molecular formula is C65H87N5O15. The molecule has 20 heteroatoms. The monoisotopic (exact) mass is 1180 g/mol. The van der Waals surface area contributed by atoms with Crippen LogP contribution in [0.1, 0.15) is 117 Å². The highest BCUT2D eigenvalue weighted by atomic mass is 16.6. The minimum Gasteiger partial charge on any atom is -0.457 e. The number of benzene rings is 3. The lowest BCUT2D eigenvalue weighted by molar-refractivity contribution is -0.151. The highest BCUT2D eigenvalue weighted by molar-refractivity contribution is 5.98. The van der Waals surface area contributed by atoms with E-state index in [1.54, 1.807) is 89.3 Å². The van der Waals surface area contributed by atoms with Crippen LogP contribution in [0.15, 0.2) is 109 Å². The quantitative estimate of drug-likeness (QED) is 0.0204. The molecule has 2 fully saturated rings. The van der Waals surface area contributed by atoms with Gasteiger partial charge >= 0.3 is 24.2 Å². The molecule has 3 aromatic rings. The van der Waals surface area contributed by atoms with Gasteiger partial charge in [0.2, 0.25) is 11.8 Å². The van der Waals surface area contributed by atoms with Crippen molar-refractivity contribution in [2.24, 2.45) is 17.8 Å². The fraction of sp³-hybridized carbons (Fsp3) is 0.538. The summed E-state index contributed by atoms with van der Waals surface area (Å²) in [5.41, 5.74) is 3.75.